The van der Waals surface area contributed by atoms with Crippen molar-refractivity contribution in [2.45, 2.75) is 17.6 Å². The molecule has 1 aromatic heterocycles. The summed E-state index contributed by atoms with van der Waals surface area (Å²) < 4.78 is 69.7. The van der Waals surface area contributed by atoms with E-state index in [4.69, 9.17) is 4.74 Å². The van der Waals surface area contributed by atoms with E-state index < -0.39 is 21.6 Å². The van der Waals surface area contributed by atoms with Crippen molar-refractivity contribution in [2.75, 3.05) is 42.8 Å². The molecule has 0 saturated carbocycles. The Labute approximate surface area is 161 Å². The maximum Gasteiger partial charge on any atom is 0.416 e. The SMILES string of the molecule is CS(=O)(=O)c1cccnc1NCc1ccc(N2CCOCC2)cc1C(F)(F)F. The van der Waals surface area contributed by atoms with Crippen molar-refractivity contribution >= 4 is 21.3 Å². The lowest BCUT2D eigenvalue weighted by Crippen LogP contribution is -2.36. The van der Waals surface area contributed by atoms with Gasteiger partial charge in [-0.15, -0.1) is 0 Å². The second kappa shape index (κ2) is 7.96. The van der Waals surface area contributed by atoms with Crippen molar-refractivity contribution in [1.82, 2.24) is 4.98 Å². The fraction of sp³-hybridized carbons (Fsp3) is 0.389. The third-order valence-corrected chi connectivity index (χ3v) is 5.52. The Morgan fingerprint density at radius 2 is 1.93 bits per heavy atom. The monoisotopic (exact) mass is 415 g/mol. The molecule has 0 atom stereocenters. The summed E-state index contributed by atoms with van der Waals surface area (Å²) in [6.07, 6.45) is -2.14. The van der Waals surface area contributed by atoms with Gasteiger partial charge in [0.2, 0.25) is 0 Å². The smallest absolute Gasteiger partial charge is 0.378 e. The molecule has 1 saturated heterocycles. The van der Waals surface area contributed by atoms with Crippen LogP contribution < -0.4 is 10.2 Å². The first-order valence-corrected chi connectivity index (χ1v) is 10.5. The van der Waals surface area contributed by atoms with Crippen molar-refractivity contribution in [3.8, 4) is 0 Å². The number of halogens is 3. The molecule has 0 aliphatic carbocycles. The molecule has 0 bridgehead atoms. The maximum absolute atomic E-state index is 13.6. The van der Waals surface area contributed by atoms with Crippen LogP contribution in [0.25, 0.3) is 0 Å². The van der Waals surface area contributed by atoms with Crippen LogP contribution in [0.3, 0.4) is 0 Å². The maximum atomic E-state index is 13.6. The van der Waals surface area contributed by atoms with E-state index in [0.29, 0.717) is 32.0 Å². The second-order valence-corrected chi connectivity index (χ2v) is 8.40. The molecule has 0 spiro atoms. The number of pyridine rings is 1. The Kier molecular flexibility index (Phi) is 5.80. The van der Waals surface area contributed by atoms with Gasteiger partial charge in [-0.05, 0) is 29.8 Å². The summed E-state index contributed by atoms with van der Waals surface area (Å²) in [6, 6.07) is 6.98. The number of hydrogen-bond donors (Lipinski definition) is 1. The number of benzene rings is 1. The summed E-state index contributed by atoms with van der Waals surface area (Å²) >= 11 is 0. The number of sulfone groups is 1. The molecule has 2 aromatic rings. The van der Waals surface area contributed by atoms with Crippen LogP contribution in [0.4, 0.5) is 24.7 Å². The zero-order chi connectivity index (χ0) is 20.4. The van der Waals surface area contributed by atoms with Crippen molar-refractivity contribution in [3.63, 3.8) is 0 Å². The fourth-order valence-electron chi connectivity index (χ4n) is 3.00. The van der Waals surface area contributed by atoms with Crippen LogP contribution in [0.2, 0.25) is 0 Å². The Morgan fingerprint density at radius 1 is 1.21 bits per heavy atom. The lowest BCUT2D eigenvalue weighted by atomic mass is 10.0. The van der Waals surface area contributed by atoms with Gasteiger partial charge in [0.1, 0.15) is 10.7 Å². The highest BCUT2D eigenvalue weighted by Gasteiger charge is 2.34. The highest BCUT2D eigenvalue weighted by Crippen LogP contribution is 2.35. The lowest BCUT2D eigenvalue weighted by Gasteiger charge is -2.29. The lowest BCUT2D eigenvalue weighted by molar-refractivity contribution is -0.138. The van der Waals surface area contributed by atoms with Crippen molar-refractivity contribution in [2.24, 2.45) is 0 Å². The molecule has 0 amide bonds. The van der Waals surface area contributed by atoms with E-state index in [9.17, 15) is 21.6 Å². The zero-order valence-corrected chi connectivity index (χ0v) is 16.0. The van der Waals surface area contributed by atoms with Gasteiger partial charge >= 0.3 is 6.18 Å². The number of nitrogens with one attached hydrogen (secondary N) is 1. The Balaban J connectivity index is 1.88. The highest BCUT2D eigenvalue weighted by atomic mass is 32.2. The average molecular weight is 415 g/mol. The first-order valence-electron chi connectivity index (χ1n) is 8.58. The number of rotatable bonds is 5. The molecular weight excluding hydrogens is 395 g/mol. The van der Waals surface area contributed by atoms with Gasteiger partial charge in [0, 0.05) is 37.8 Å². The minimum atomic E-state index is -4.54. The minimum Gasteiger partial charge on any atom is -0.378 e. The number of alkyl halides is 3. The van der Waals surface area contributed by atoms with Gasteiger partial charge in [-0.1, -0.05) is 6.07 Å². The predicted octanol–water partition coefficient (Wildman–Crippen LogP) is 2.95. The van der Waals surface area contributed by atoms with Crippen molar-refractivity contribution in [3.05, 3.63) is 47.7 Å². The number of nitrogens with zero attached hydrogens (tertiary/aromatic N) is 2. The van der Waals surface area contributed by atoms with Crippen LogP contribution in [-0.2, 0) is 27.3 Å². The Bertz CT molecular complexity index is 943. The van der Waals surface area contributed by atoms with E-state index in [1.807, 2.05) is 4.90 Å². The minimum absolute atomic E-state index is 0.00890. The van der Waals surface area contributed by atoms with E-state index in [0.717, 1.165) is 12.3 Å². The second-order valence-electron chi connectivity index (χ2n) is 6.41. The van der Waals surface area contributed by atoms with Crippen LogP contribution in [-0.4, -0.2) is 46.0 Å². The van der Waals surface area contributed by atoms with Gasteiger partial charge < -0.3 is 15.0 Å². The molecule has 1 aromatic carbocycles. The number of aromatic nitrogens is 1. The summed E-state index contributed by atoms with van der Waals surface area (Å²) in [5, 5.41) is 2.72. The zero-order valence-electron chi connectivity index (χ0n) is 15.2. The van der Waals surface area contributed by atoms with Gasteiger partial charge in [0.05, 0.1) is 18.8 Å². The number of anilines is 2. The van der Waals surface area contributed by atoms with Crippen LogP contribution in [0.15, 0.2) is 41.4 Å². The molecule has 10 heteroatoms. The predicted molar refractivity (Wildman–Crippen MR) is 99.1 cm³/mol. The molecule has 1 N–H and O–H groups in total. The van der Waals surface area contributed by atoms with E-state index in [1.165, 1.54) is 24.4 Å². The van der Waals surface area contributed by atoms with Gasteiger partial charge in [0.25, 0.3) is 0 Å². The molecular formula is C18H20F3N3O3S. The third-order valence-electron chi connectivity index (χ3n) is 4.39. The van der Waals surface area contributed by atoms with E-state index in [2.05, 4.69) is 10.3 Å². The molecule has 152 valence electrons. The van der Waals surface area contributed by atoms with Gasteiger partial charge in [-0.25, -0.2) is 13.4 Å². The molecule has 2 heterocycles. The third kappa shape index (κ3) is 4.74. The molecule has 6 nitrogen and oxygen atoms in total. The average Bonchev–Trinajstić information content (AvgIpc) is 2.66. The summed E-state index contributed by atoms with van der Waals surface area (Å²) in [6.45, 7) is 1.79. The summed E-state index contributed by atoms with van der Waals surface area (Å²) in [4.78, 5) is 5.73. The molecule has 1 aliphatic heterocycles. The van der Waals surface area contributed by atoms with Crippen molar-refractivity contribution < 1.29 is 26.3 Å². The topological polar surface area (TPSA) is 71.5 Å². The fourth-order valence-corrected chi connectivity index (χ4v) is 3.80. The van der Waals surface area contributed by atoms with Gasteiger partial charge in [-0.2, -0.15) is 13.2 Å². The van der Waals surface area contributed by atoms with Gasteiger partial charge in [-0.3, -0.25) is 0 Å². The Morgan fingerprint density at radius 3 is 2.57 bits per heavy atom. The van der Waals surface area contributed by atoms with E-state index >= 15 is 0 Å². The Hall–Kier alpha value is -2.33. The quantitative estimate of drug-likeness (QED) is 0.810. The van der Waals surface area contributed by atoms with Crippen molar-refractivity contribution in [1.29, 1.82) is 0 Å². The van der Waals surface area contributed by atoms with Crippen LogP contribution in [0.1, 0.15) is 11.1 Å². The van der Waals surface area contributed by atoms with Crippen LogP contribution >= 0.6 is 0 Å². The first-order chi connectivity index (χ1) is 13.2. The standard InChI is InChI=1S/C18H20F3N3O3S/c1-28(25,26)16-3-2-6-22-17(16)23-12-13-4-5-14(11-15(13)18(19,20)21)24-7-9-27-10-8-24/h2-6,11H,7-10,12H2,1H3,(H,22,23). The summed E-state index contributed by atoms with van der Waals surface area (Å²) in [5.74, 6) is 0.0235. The normalized spacial score (nSPS) is 15.5. The summed E-state index contributed by atoms with van der Waals surface area (Å²) in [7, 11) is -3.56. The number of hydrogen-bond acceptors (Lipinski definition) is 6. The molecule has 0 unspecified atom stereocenters. The van der Waals surface area contributed by atoms with Gasteiger partial charge in [0.15, 0.2) is 9.84 Å². The number of ether oxygens (including phenoxy) is 1. The molecule has 1 aliphatic rings. The largest absolute Gasteiger partial charge is 0.416 e. The molecule has 0 radical (unpaired) electrons. The first kappa shape index (κ1) is 20.4. The molecule has 1 fully saturated rings. The van der Waals surface area contributed by atoms with Crippen LogP contribution in [0, 0.1) is 0 Å². The highest BCUT2D eigenvalue weighted by molar-refractivity contribution is 7.90. The molecule has 3 rings (SSSR count). The number of morpholine rings is 1. The molecule has 28 heavy (non-hydrogen) atoms. The van der Waals surface area contributed by atoms with E-state index in [-0.39, 0.29) is 22.8 Å². The van der Waals surface area contributed by atoms with Crippen LogP contribution in [0.5, 0.6) is 0 Å². The summed E-state index contributed by atoms with van der Waals surface area (Å²) in [5.41, 5.74) is -0.274. The van der Waals surface area contributed by atoms with E-state index in [1.54, 1.807) is 6.07 Å².